The minimum Gasteiger partial charge on any atom is -0.452 e. The van der Waals surface area contributed by atoms with Crippen LogP contribution < -0.4 is 5.32 Å². The molecule has 0 fully saturated rings. The van der Waals surface area contributed by atoms with E-state index >= 15 is 0 Å². The fourth-order valence-electron chi connectivity index (χ4n) is 2.03. The van der Waals surface area contributed by atoms with E-state index in [-0.39, 0.29) is 17.8 Å². The maximum atomic E-state index is 12.8. The van der Waals surface area contributed by atoms with E-state index in [1.807, 2.05) is 0 Å². The first-order chi connectivity index (χ1) is 11.9. The van der Waals surface area contributed by atoms with Crippen LogP contribution in [0.25, 0.3) is 0 Å². The van der Waals surface area contributed by atoms with Gasteiger partial charge in [0.1, 0.15) is 11.5 Å². The molecule has 2 aromatic carbocycles. The zero-order chi connectivity index (χ0) is 18.4. The Balaban J connectivity index is 1.95. The average molecular weight is 346 g/mol. The lowest BCUT2D eigenvalue weighted by molar-refractivity contribution is -0.383. The van der Waals surface area contributed by atoms with E-state index in [0.29, 0.717) is 5.56 Å². The fraction of sp³-hybridized carbons (Fsp3) is 0.176. The minimum absolute atomic E-state index is 0.0129. The highest BCUT2D eigenvalue weighted by Crippen LogP contribution is 2.23. The molecule has 1 amide bonds. The van der Waals surface area contributed by atoms with Crippen LogP contribution in [0.4, 0.5) is 15.8 Å². The number of nitrogens with zero attached hydrogens (tertiary/aromatic N) is 1. The predicted octanol–water partition coefficient (Wildman–Crippen LogP) is 2.85. The number of hydrogen-bond donors (Lipinski definition) is 1. The predicted molar refractivity (Wildman–Crippen MR) is 87.4 cm³/mol. The molecule has 0 saturated heterocycles. The largest absolute Gasteiger partial charge is 0.452 e. The third-order valence-electron chi connectivity index (χ3n) is 3.30. The SMILES string of the molecule is CC(OC(=O)Cc1ccc(F)cc1)C(=O)Nc1ccccc1[N+](=O)[O-]. The van der Waals surface area contributed by atoms with Crippen molar-refractivity contribution >= 4 is 23.3 Å². The molecule has 0 aliphatic carbocycles. The van der Waals surface area contributed by atoms with Gasteiger partial charge in [0.15, 0.2) is 6.10 Å². The number of halogens is 1. The van der Waals surface area contributed by atoms with Gasteiger partial charge < -0.3 is 10.1 Å². The Kier molecular flexibility index (Phi) is 5.78. The van der Waals surface area contributed by atoms with Gasteiger partial charge in [0.05, 0.1) is 11.3 Å². The second-order valence-corrected chi connectivity index (χ2v) is 5.20. The van der Waals surface area contributed by atoms with Gasteiger partial charge in [0, 0.05) is 6.07 Å². The van der Waals surface area contributed by atoms with Crippen molar-refractivity contribution in [3.63, 3.8) is 0 Å². The summed E-state index contributed by atoms with van der Waals surface area (Å²) >= 11 is 0. The van der Waals surface area contributed by atoms with E-state index in [1.165, 1.54) is 55.5 Å². The number of nitro benzene ring substituents is 1. The van der Waals surface area contributed by atoms with Crippen molar-refractivity contribution in [2.75, 3.05) is 5.32 Å². The van der Waals surface area contributed by atoms with Gasteiger partial charge >= 0.3 is 5.97 Å². The van der Waals surface area contributed by atoms with E-state index < -0.39 is 28.7 Å². The summed E-state index contributed by atoms with van der Waals surface area (Å²) in [5, 5.41) is 13.3. The Hall–Kier alpha value is -3.29. The summed E-state index contributed by atoms with van der Waals surface area (Å²) < 4.78 is 17.8. The zero-order valence-corrected chi connectivity index (χ0v) is 13.3. The molecular weight excluding hydrogens is 331 g/mol. The number of nitro groups is 1. The number of carbonyl (C=O) groups is 2. The highest BCUT2D eigenvalue weighted by molar-refractivity contribution is 5.96. The van der Waals surface area contributed by atoms with Crippen LogP contribution in [-0.2, 0) is 20.7 Å². The monoisotopic (exact) mass is 346 g/mol. The molecule has 2 aromatic rings. The highest BCUT2D eigenvalue weighted by atomic mass is 19.1. The third kappa shape index (κ3) is 5.10. The molecule has 0 aliphatic heterocycles. The lowest BCUT2D eigenvalue weighted by Crippen LogP contribution is -2.30. The molecule has 0 saturated carbocycles. The summed E-state index contributed by atoms with van der Waals surface area (Å²) in [6.07, 6.45) is -1.27. The summed E-state index contributed by atoms with van der Waals surface area (Å²) in [4.78, 5) is 34.2. The number of amides is 1. The smallest absolute Gasteiger partial charge is 0.311 e. The molecule has 1 unspecified atom stereocenters. The van der Waals surface area contributed by atoms with Crippen molar-refractivity contribution < 1.29 is 23.6 Å². The van der Waals surface area contributed by atoms with Gasteiger partial charge in [-0.25, -0.2) is 4.39 Å². The normalized spacial score (nSPS) is 11.4. The van der Waals surface area contributed by atoms with Crippen molar-refractivity contribution in [3.05, 3.63) is 70.0 Å². The Morgan fingerprint density at radius 3 is 2.48 bits per heavy atom. The van der Waals surface area contributed by atoms with Crippen LogP contribution in [0.15, 0.2) is 48.5 Å². The Morgan fingerprint density at radius 1 is 1.20 bits per heavy atom. The maximum Gasteiger partial charge on any atom is 0.311 e. The second-order valence-electron chi connectivity index (χ2n) is 5.20. The zero-order valence-electron chi connectivity index (χ0n) is 13.3. The molecule has 0 radical (unpaired) electrons. The number of anilines is 1. The summed E-state index contributed by atoms with van der Waals surface area (Å²) in [7, 11) is 0. The molecule has 0 aliphatic rings. The summed E-state index contributed by atoms with van der Waals surface area (Å²) in [6, 6.07) is 10.9. The van der Waals surface area contributed by atoms with Crippen LogP contribution in [0, 0.1) is 15.9 Å². The highest BCUT2D eigenvalue weighted by Gasteiger charge is 2.21. The molecule has 1 atom stereocenters. The fourth-order valence-corrected chi connectivity index (χ4v) is 2.03. The van der Waals surface area contributed by atoms with Gasteiger partial charge in [-0.05, 0) is 30.7 Å². The number of nitrogens with one attached hydrogen (secondary N) is 1. The van der Waals surface area contributed by atoms with Crippen LogP contribution in [0.1, 0.15) is 12.5 Å². The Bertz CT molecular complexity index is 792. The first-order valence-corrected chi connectivity index (χ1v) is 7.35. The molecule has 0 bridgehead atoms. The van der Waals surface area contributed by atoms with Crippen LogP contribution in [0.2, 0.25) is 0 Å². The lowest BCUT2D eigenvalue weighted by atomic mass is 10.1. The average Bonchev–Trinajstić information content (AvgIpc) is 2.57. The van der Waals surface area contributed by atoms with E-state index in [2.05, 4.69) is 5.32 Å². The van der Waals surface area contributed by atoms with Crippen molar-refractivity contribution in [1.82, 2.24) is 0 Å². The van der Waals surface area contributed by atoms with Crippen LogP contribution >= 0.6 is 0 Å². The molecule has 2 rings (SSSR count). The molecule has 8 heteroatoms. The molecule has 0 heterocycles. The molecule has 1 N–H and O–H groups in total. The maximum absolute atomic E-state index is 12.8. The number of ether oxygens (including phenoxy) is 1. The first-order valence-electron chi connectivity index (χ1n) is 7.35. The van der Waals surface area contributed by atoms with E-state index in [9.17, 15) is 24.1 Å². The minimum atomic E-state index is -1.15. The quantitative estimate of drug-likeness (QED) is 0.493. The first kappa shape index (κ1) is 18.1. The topological polar surface area (TPSA) is 98.5 Å². The van der Waals surface area contributed by atoms with Gasteiger partial charge in [-0.2, -0.15) is 0 Å². The van der Waals surface area contributed by atoms with Crippen LogP contribution in [0.3, 0.4) is 0 Å². The molecule has 7 nitrogen and oxygen atoms in total. The van der Waals surface area contributed by atoms with Gasteiger partial charge in [0.25, 0.3) is 11.6 Å². The summed E-state index contributed by atoms with van der Waals surface area (Å²) in [5.41, 5.74) is 0.289. The molecule has 130 valence electrons. The number of hydrogen-bond acceptors (Lipinski definition) is 5. The Labute approximate surface area is 142 Å². The number of para-hydroxylation sites is 2. The number of carbonyl (C=O) groups excluding carboxylic acids is 2. The summed E-state index contributed by atoms with van der Waals surface area (Å²) in [6.45, 7) is 1.35. The van der Waals surface area contributed by atoms with E-state index in [1.54, 1.807) is 0 Å². The Morgan fingerprint density at radius 2 is 1.84 bits per heavy atom. The van der Waals surface area contributed by atoms with E-state index in [0.717, 1.165) is 0 Å². The van der Waals surface area contributed by atoms with Gasteiger partial charge in [-0.15, -0.1) is 0 Å². The molecular formula is C17H15FN2O5. The standard InChI is InChI=1S/C17H15FN2O5/c1-11(25-16(21)10-12-6-8-13(18)9-7-12)17(22)19-14-4-2-3-5-15(14)20(23)24/h2-9,11H,10H2,1H3,(H,19,22). The third-order valence-corrected chi connectivity index (χ3v) is 3.30. The van der Waals surface area contributed by atoms with Gasteiger partial charge in [-0.1, -0.05) is 24.3 Å². The van der Waals surface area contributed by atoms with Crippen LogP contribution in [-0.4, -0.2) is 22.9 Å². The molecule has 0 spiro atoms. The van der Waals surface area contributed by atoms with E-state index in [4.69, 9.17) is 4.74 Å². The van der Waals surface area contributed by atoms with Crippen molar-refractivity contribution in [3.8, 4) is 0 Å². The van der Waals surface area contributed by atoms with Crippen LogP contribution in [0.5, 0.6) is 0 Å². The number of rotatable bonds is 6. The van der Waals surface area contributed by atoms with Crippen molar-refractivity contribution in [2.45, 2.75) is 19.4 Å². The van der Waals surface area contributed by atoms with Gasteiger partial charge in [0.2, 0.25) is 0 Å². The van der Waals surface area contributed by atoms with Crippen molar-refractivity contribution in [1.29, 1.82) is 0 Å². The molecule has 0 aromatic heterocycles. The van der Waals surface area contributed by atoms with Crippen molar-refractivity contribution in [2.24, 2.45) is 0 Å². The number of benzene rings is 2. The lowest BCUT2D eigenvalue weighted by Gasteiger charge is -2.13. The van der Waals surface area contributed by atoms with Gasteiger partial charge in [-0.3, -0.25) is 19.7 Å². The number of esters is 1. The summed E-state index contributed by atoms with van der Waals surface area (Å²) in [5.74, 6) is -1.78. The molecule has 25 heavy (non-hydrogen) atoms. The second kappa shape index (κ2) is 8.00.